The molecule has 7 nitrogen and oxygen atoms in total. The second-order valence-corrected chi connectivity index (χ2v) is 8.08. The molecule has 5 rings (SSSR count). The summed E-state index contributed by atoms with van der Waals surface area (Å²) in [7, 11) is 0. The number of aromatic nitrogens is 2. The lowest BCUT2D eigenvalue weighted by Gasteiger charge is -2.26. The monoisotopic (exact) mass is 445 g/mol. The summed E-state index contributed by atoms with van der Waals surface area (Å²) in [5, 5.41) is 6.04. The summed E-state index contributed by atoms with van der Waals surface area (Å²) in [6, 6.07) is 9.38. The number of benzene rings is 1. The van der Waals surface area contributed by atoms with Crippen molar-refractivity contribution in [2.75, 3.05) is 43.5 Å². The number of carbonyl (C=O) groups excluding carboxylic acids is 1. The van der Waals surface area contributed by atoms with E-state index in [0.29, 0.717) is 17.8 Å². The number of pyridine rings is 2. The minimum atomic E-state index is -0.501. The molecule has 2 aliphatic rings. The fourth-order valence-electron chi connectivity index (χ4n) is 4.12. The van der Waals surface area contributed by atoms with E-state index in [-0.39, 0.29) is 5.91 Å². The molecule has 0 spiro atoms. The van der Waals surface area contributed by atoms with E-state index in [4.69, 9.17) is 4.74 Å². The van der Waals surface area contributed by atoms with Crippen molar-refractivity contribution in [2.45, 2.75) is 6.54 Å². The number of ether oxygens (including phenoxy) is 1. The number of morpholine rings is 1. The van der Waals surface area contributed by atoms with E-state index in [9.17, 15) is 9.18 Å². The van der Waals surface area contributed by atoms with Gasteiger partial charge in [-0.15, -0.1) is 0 Å². The minimum Gasteiger partial charge on any atom is -0.381 e. The zero-order chi connectivity index (χ0) is 22.6. The Labute approximate surface area is 191 Å². The highest BCUT2D eigenvalue weighted by Gasteiger charge is 2.20. The van der Waals surface area contributed by atoms with Crippen molar-refractivity contribution in [2.24, 2.45) is 0 Å². The number of amides is 1. The molecule has 0 radical (unpaired) electrons. The molecule has 3 aromatic rings. The molecule has 33 heavy (non-hydrogen) atoms. The van der Waals surface area contributed by atoms with Crippen LogP contribution in [0.15, 0.2) is 61.2 Å². The maximum absolute atomic E-state index is 13.5. The van der Waals surface area contributed by atoms with Crippen LogP contribution in [0.3, 0.4) is 0 Å². The van der Waals surface area contributed by atoms with Crippen LogP contribution in [0, 0.1) is 5.82 Å². The van der Waals surface area contributed by atoms with Gasteiger partial charge in [-0.2, -0.15) is 0 Å². The van der Waals surface area contributed by atoms with Crippen molar-refractivity contribution in [3.63, 3.8) is 0 Å². The molecule has 2 aliphatic heterocycles. The SMILES string of the molecule is O=C(Nc1cncc(F)c1)C1=CCNc2ccc(-c3cncc(CN4CCOCC4)c3)cc21. The van der Waals surface area contributed by atoms with Gasteiger partial charge < -0.3 is 15.4 Å². The van der Waals surface area contributed by atoms with E-state index in [1.54, 1.807) is 0 Å². The van der Waals surface area contributed by atoms with E-state index in [0.717, 1.165) is 67.0 Å². The number of nitrogens with one attached hydrogen (secondary N) is 2. The Morgan fingerprint density at radius 2 is 1.91 bits per heavy atom. The molecular formula is C25H24FN5O2. The van der Waals surface area contributed by atoms with Crippen molar-refractivity contribution in [1.29, 1.82) is 0 Å². The molecule has 0 saturated carbocycles. The fourth-order valence-corrected chi connectivity index (χ4v) is 4.12. The first kappa shape index (κ1) is 21.2. The van der Waals surface area contributed by atoms with Crippen molar-refractivity contribution >= 4 is 22.9 Å². The summed E-state index contributed by atoms with van der Waals surface area (Å²) in [6.07, 6.45) is 8.09. The van der Waals surface area contributed by atoms with Crippen LogP contribution >= 0.6 is 0 Å². The van der Waals surface area contributed by atoms with Crippen molar-refractivity contribution < 1.29 is 13.9 Å². The summed E-state index contributed by atoms with van der Waals surface area (Å²) in [5.74, 6) is -0.805. The van der Waals surface area contributed by atoms with E-state index in [2.05, 4.69) is 31.6 Å². The number of halogens is 1. The van der Waals surface area contributed by atoms with Gasteiger partial charge in [0, 0.05) is 67.0 Å². The molecule has 1 saturated heterocycles. The van der Waals surface area contributed by atoms with E-state index < -0.39 is 5.82 Å². The molecular weight excluding hydrogens is 421 g/mol. The first-order valence-electron chi connectivity index (χ1n) is 10.9. The van der Waals surface area contributed by atoms with Crippen LogP contribution in [-0.2, 0) is 16.1 Å². The molecule has 4 heterocycles. The first-order valence-corrected chi connectivity index (χ1v) is 10.9. The van der Waals surface area contributed by atoms with Crippen molar-refractivity contribution in [3.8, 4) is 11.1 Å². The Kier molecular flexibility index (Phi) is 6.10. The Morgan fingerprint density at radius 3 is 2.76 bits per heavy atom. The van der Waals surface area contributed by atoms with Gasteiger partial charge in [-0.25, -0.2) is 4.39 Å². The normalized spacial score (nSPS) is 15.8. The second-order valence-electron chi connectivity index (χ2n) is 8.08. The van der Waals surface area contributed by atoms with Gasteiger partial charge >= 0.3 is 0 Å². The fraction of sp³-hybridized carbons (Fsp3) is 0.240. The summed E-state index contributed by atoms with van der Waals surface area (Å²) in [5.41, 5.74) is 5.62. The van der Waals surface area contributed by atoms with Crippen LogP contribution in [0.1, 0.15) is 11.1 Å². The van der Waals surface area contributed by atoms with Gasteiger partial charge in [-0.1, -0.05) is 12.1 Å². The van der Waals surface area contributed by atoms with Gasteiger partial charge in [0.15, 0.2) is 0 Å². The Balaban J connectivity index is 1.39. The van der Waals surface area contributed by atoms with Crippen LogP contribution in [0.4, 0.5) is 15.8 Å². The third kappa shape index (κ3) is 4.92. The zero-order valence-electron chi connectivity index (χ0n) is 18.1. The number of rotatable bonds is 5. The quantitative estimate of drug-likeness (QED) is 0.625. The van der Waals surface area contributed by atoms with E-state index in [1.165, 1.54) is 12.3 Å². The molecule has 168 valence electrons. The molecule has 0 unspecified atom stereocenters. The highest BCUT2D eigenvalue weighted by atomic mass is 19.1. The van der Waals surface area contributed by atoms with E-state index in [1.807, 2.05) is 36.7 Å². The van der Waals surface area contributed by atoms with Crippen LogP contribution in [0.5, 0.6) is 0 Å². The molecule has 1 amide bonds. The third-order valence-electron chi connectivity index (χ3n) is 5.75. The Morgan fingerprint density at radius 1 is 1.06 bits per heavy atom. The third-order valence-corrected chi connectivity index (χ3v) is 5.75. The standard InChI is InChI=1S/C25H24FN5O2/c26-20-11-21(15-28-14-20)30-25(32)22-3-4-29-24-2-1-18(10-23(22)24)19-9-17(12-27-13-19)16-31-5-7-33-8-6-31/h1-3,9-15,29H,4-8,16H2,(H,30,32). The number of hydrogen-bond donors (Lipinski definition) is 2. The predicted octanol–water partition coefficient (Wildman–Crippen LogP) is 3.56. The van der Waals surface area contributed by atoms with Crippen molar-refractivity contribution in [3.05, 3.63) is 78.1 Å². The van der Waals surface area contributed by atoms with Gasteiger partial charge in [0.25, 0.3) is 5.91 Å². The molecule has 0 atom stereocenters. The van der Waals surface area contributed by atoms with E-state index >= 15 is 0 Å². The van der Waals surface area contributed by atoms with Gasteiger partial charge in [-0.3, -0.25) is 19.7 Å². The lowest BCUT2D eigenvalue weighted by atomic mass is 9.95. The lowest BCUT2D eigenvalue weighted by Crippen LogP contribution is -2.35. The number of nitrogens with zero attached hydrogens (tertiary/aromatic N) is 3. The number of hydrogen-bond acceptors (Lipinski definition) is 6. The summed E-state index contributed by atoms with van der Waals surface area (Å²) < 4.78 is 18.9. The molecule has 2 aromatic heterocycles. The minimum absolute atomic E-state index is 0.304. The predicted molar refractivity (Wildman–Crippen MR) is 125 cm³/mol. The molecule has 1 fully saturated rings. The smallest absolute Gasteiger partial charge is 0.256 e. The average molecular weight is 445 g/mol. The van der Waals surface area contributed by atoms with Crippen LogP contribution in [-0.4, -0.2) is 53.6 Å². The van der Waals surface area contributed by atoms with Crippen LogP contribution < -0.4 is 10.6 Å². The second kappa shape index (κ2) is 9.48. The largest absolute Gasteiger partial charge is 0.381 e. The Hall–Kier alpha value is -3.62. The van der Waals surface area contributed by atoms with Gasteiger partial charge in [0.05, 0.1) is 31.3 Å². The highest BCUT2D eigenvalue weighted by molar-refractivity contribution is 6.27. The van der Waals surface area contributed by atoms with Gasteiger partial charge in [0.2, 0.25) is 0 Å². The van der Waals surface area contributed by atoms with Gasteiger partial charge in [-0.05, 0) is 29.3 Å². The number of fused-ring (bicyclic) bond motifs is 1. The summed E-state index contributed by atoms with van der Waals surface area (Å²) in [6.45, 7) is 4.71. The van der Waals surface area contributed by atoms with Crippen LogP contribution in [0.2, 0.25) is 0 Å². The topological polar surface area (TPSA) is 79.4 Å². The molecule has 2 N–H and O–H groups in total. The number of carbonyl (C=O) groups is 1. The maximum Gasteiger partial charge on any atom is 0.256 e. The lowest BCUT2D eigenvalue weighted by molar-refractivity contribution is -0.111. The number of anilines is 2. The van der Waals surface area contributed by atoms with Crippen LogP contribution in [0.25, 0.3) is 16.7 Å². The molecule has 8 heteroatoms. The molecule has 0 bridgehead atoms. The van der Waals surface area contributed by atoms with Crippen molar-refractivity contribution in [1.82, 2.24) is 14.9 Å². The average Bonchev–Trinajstić information content (AvgIpc) is 2.84. The van der Waals surface area contributed by atoms with Gasteiger partial charge in [0.1, 0.15) is 5.82 Å². The molecule has 0 aliphatic carbocycles. The molecule has 1 aromatic carbocycles. The highest BCUT2D eigenvalue weighted by Crippen LogP contribution is 2.33. The summed E-state index contributed by atoms with van der Waals surface area (Å²) >= 11 is 0. The zero-order valence-corrected chi connectivity index (χ0v) is 18.1. The summed E-state index contributed by atoms with van der Waals surface area (Å²) in [4.78, 5) is 23.6. The first-order chi connectivity index (χ1) is 16.2. The Bertz CT molecular complexity index is 1210. The maximum atomic E-state index is 13.5.